The van der Waals surface area contributed by atoms with Crippen LogP contribution in [-0.2, 0) is 0 Å². The van der Waals surface area contributed by atoms with Crippen LogP contribution in [0.4, 0.5) is 5.69 Å². The summed E-state index contributed by atoms with van der Waals surface area (Å²) < 4.78 is 5.73. The smallest absolute Gasteiger partial charge is 0.142 e. The van der Waals surface area contributed by atoms with E-state index in [1.165, 1.54) is 0 Å². The SMILES string of the molecule is Nc1ccccc1OCCN1CCCN(CCO)CC1. The van der Waals surface area contributed by atoms with Crippen LogP contribution in [0.2, 0.25) is 0 Å². The van der Waals surface area contributed by atoms with Gasteiger partial charge in [-0.25, -0.2) is 0 Å². The molecule has 1 aromatic carbocycles. The van der Waals surface area contributed by atoms with Crippen LogP contribution in [0.3, 0.4) is 0 Å². The van der Waals surface area contributed by atoms with Gasteiger partial charge in [-0.15, -0.1) is 0 Å². The summed E-state index contributed by atoms with van der Waals surface area (Å²) in [5.41, 5.74) is 6.54. The van der Waals surface area contributed by atoms with E-state index in [0.29, 0.717) is 12.3 Å². The maximum absolute atomic E-state index is 8.98. The minimum atomic E-state index is 0.246. The molecule has 0 radical (unpaired) electrons. The fraction of sp³-hybridized carbons (Fsp3) is 0.600. The first-order valence-corrected chi connectivity index (χ1v) is 7.32. The molecule has 0 aromatic heterocycles. The normalized spacial score (nSPS) is 17.9. The van der Waals surface area contributed by atoms with Gasteiger partial charge in [0, 0.05) is 26.2 Å². The van der Waals surface area contributed by atoms with Crippen LogP contribution < -0.4 is 10.5 Å². The minimum absolute atomic E-state index is 0.246. The Hall–Kier alpha value is -1.30. The Balaban J connectivity index is 1.70. The third kappa shape index (κ3) is 4.67. The first-order chi connectivity index (χ1) is 9.79. The van der Waals surface area contributed by atoms with Crippen LogP contribution in [-0.4, -0.2) is 67.4 Å². The highest BCUT2D eigenvalue weighted by molar-refractivity contribution is 5.51. The van der Waals surface area contributed by atoms with Gasteiger partial charge in [-0.1, -0.05) is 12.1 Å². The summed E-state index contributed by atoms with van der Waals surface area (Å²) >= 11 is 0. The fourth-order valence-corrected chi connectivity index (χ4v) is 2.51. The fourth-order valence-electron chi connectivity index (χ4n) is 2.51. The number of nitrogens with two attached hydrogens (primary N) is 1. The number of aliphatic hydroxyl groups is 1. The van der Waals surface area contributed by atoms with Crippen LogP contribution in [0.25, 0.3) is 0 Å². The molecule has 0 unspecified atom stereocenters. The summed E-state index contributed by atoms with van der Waals surface area (Å²) in [6.07, 6.45) is 1.15. The number of rotatable bonds is 6. The highest BCUT2D eigenvalue weighted by atomic mass is 16.5. The lowest BCUT2D eigenvalue weighted by molar-refractivity contribution is 0.188. The molecule has 1 aliphatic heterocycles. The lowest BCUT2D eigenvalue weighted by Gasteiger charge is -2.21. The maximum Gasteiger partial charge on any atom is 0.142 e. The number of β-amino-alcohol motifs (C(OH)–C–C–N with tert-alkyl or cyclic N) is 1. The maximum atomic E-state index is 8.98. The second kappa shape index (κ2) is 8.09. The van der Waals surface area contributed by atoms with Crippen molar-refractivity contribution < 1.29 is 9.84 Å². The van der Waals surface area contributed by atoms with E-state index in [1.54, 1.807) is 0 Å². The quantitative estimate of drug-likeness (QED) is 0.749. The Morgan fingerprint density at radius 1 is 1.05 bits per heavy atom. The molecule has 5 heteroatoms. The summed E-state index contributed by atoms with van der Waals surface area (Å²) in [5.74, 6) is 0.768. The molecule has 112 valence electrons. The molecule has 0 spiro atoms. The van der Waals surface area contributed by atoms with E-state index in [2.05, 4.69) is 9.80 Å². The molecule has 0 saturated carbocycles. The lowest BCUT2D eigenvalue weighted by Crippen LogP contribution is -2.34. The second-order valence-corrected chi connectivity index (χ2v) is 5.15. The van der Waals surface area contributed by atoms with Crippen molar-refractivity contribution in [3.05, 3.63) is 24.3 Å². The molecule has 0 bridgehead atoms. The Labute approximate surface area is 120 Å². The average Bonchev–Trinajstić information content (AvgIpc) is 2.67. The van der Waals surface area contributed by atoms with Gasteiger partial charge in [-0.2, -0.15) is 0 Å². The molecule has 3 N–H and O–H groups in total. The van der Waals surface area contributed by atoms with Gasteiger partial charge in [-0.3, -0.25) is 9.80 Å². The van der Waals surface area contributed by atoms with Gasteiger partial charge < -0.3 is 15.6 Å². The topological polar surface area (TPSA) is 62.0 Å². The van der Waals surface area contributed by atoms with Crippen molar-refractivity contribution in [1.82, 2.24) is 9.80 Å². The standard InChI is InChI=1S/C15H25N3O2/c16-14-4-1-2-5-15(14)20-13-11-18-7-3-6-17(8-9-18)10-12-19/h1-2,4-5,19H,3,6-13,16H2. The van der Waals surface area contributed by atoms with Crippen LogP contribution in [0.5, 0.6) is 5.75 Å². The Kier molecular flexibility index (Phi) is 6.11. The minimum Gasteiger partial charge on any atom is -0.490 e. The number of anilines is 1. The van der Waals surface area contributed by atoms with Crippen LogP contribution in [0, 0.1) is 0 Å². The van der Waals surface area contributed by atoms with E-state index in [0.717, 1.165) is 51.4 Å². The molecule has 2 rings (SSSR count). The molecule has 0 aliphatic carbocycles. The van der Waals surface area contributed by atoms with E-state index in [4.69, 9.17) is 15.6 Å². The van der Waals surface area contributed by atoms with Crippen molar-refractivity contribution in [2.24, 2.45) is 0 Å². The number of hydrogen-bond acceptors (Lipinski definition) is 5. The van der Waals surface area contributed by atoms with Crippen LogP contribution in [0.15, 0.2) is 24.3 Å². The highest BCUT2D eigenvalue weighted by Crippen LogP contribution is 2.19. The van der Waals surface area contributed by atoms with Crippen LogP contribution >= 0.6 is 0 Å². The van der Waals surface area contributed by atoms with Gasteiger partial charge in [0.05, 0.1) is 12.3 Å². The number of benzene rings is 1. The largest absolute Gasteiger partial charge is 0.490 e. The number of aliphatic hydroxyl groups excluding tert-OH is 1. The zero-order valence-electron chi connectivity index (χ0n) is 12.0. The Morgan fingerprint density at radius 3 is 2.45 bits per heavy atom. The van der Waals surface area contributed by atoms with Crippen molar-refractivity contribution in [1.29, 1.82) is 0 Å². The Morgan fingerprint density at radius 2 is 1.75 bits per heavy atom. The molecular formula is C15H25N3O2. The average molecular weight is 279 g/mol. The van der Waals surface area contributed by atoms with E-state index < -0.39 is 0 Å². The summed E-state index contributed by atoms with van der Waals surface area (Å²) in [7, 11) is 0. The number of para-hydroxylation sites is 2. The molecule has 1 aromatic rings. The molecular weight excluding hydrogens is 254 g/mol. The Bertz CT molecular complexity index is 400. The van der Waals surface area contributed by atoms with Gasteiger partial charge >= 0.3 is 0 Å². The van der Waals surface area contributed by atoms with Crippen LogP contribution in [0.1, 0.15) is 6.42 Å². The van der Waals surface area contributed by atoms with Crippen molar-refractivity contribution in [3.63, 3.8) is 0 Å². The molecule has 0 atom stereocenters. The molecule has 0 amide bonds. The third-order valence-electron chi connectivity index (χ3n) is 3.68. The van der Waals surface area contributed by atoms with Gasteiger partial charge in [0.25, 0.3) is 0 Å². The molecule has 1 aliphatic rings. The summed E-state index contributed by atoms with van der Waals surface area (Å²) in [5, 5.41) is 8.98. The number of nitrogens with zero attached hydrogens (tertiary/aromatic N) is 2. The van der Waals surface area contributed by atoms with Gasteiger partial charge in [-0.05, 0) is 31.6 Å². The van der Waals surface area contributed by atoms with E-state index in [1.807, 2.05) is 24.3 Å². The summed E-state index contributed by atoms with van der Waals surface area (Å²) in [6, 6.07) is 7.60. The molecule has 5 nitrogen and oxygen atoms in total. The first-order valence-electron chi connectivity index (χ1n) is 7.32. The van der Waals surface area contributed by atoms with Crippen molar-refractivity contribution >= 4 is 5.69 Å². The molecule has 1 saturated heterocycles. The predicted molar refractivity (Wildman–Crippen MR) is 80.9 cm³/mol. The van der Waals surface area contributed by atoms with Crippen molar-refractivity contribution in [2.45, 2.75) is 6.42 Å². The summed E-state index contributed by atoms with van der Waals surface area (Å²) in [4.78, 5) is 4.73. The predicted octanol–water partition coefficient (Wildman–Crippen LogP) is 0.648. The number of nitrogen functional groups attached to an aromatic ring is 1. The second-order valence-electron chi connectivity index (χ2n) is 5.15. The molecule has 20 heavy (non-hydrogen) atoms. The molecule has 1 heterocycles. The number of hydrogen-bond donors (Lipinski definition) is 2. The van der Waals surface area contributed by atoms with E-state index in [9.17, 15) is 0 Å². The zero-order chi connectivity index (χ0) is 14.2. The first kappa shape index (κ1) is 15.1. The molecule has 1 fully saturated rings. The van der Waals surface area contributed by atoms with E-state index >= 15 is 0 Å². The highest BCUT2D eigenvalue weighted by Gasteiger charge is 2.14. The summed E-state index contributed by atoms with van der Waals surface area (Å²) in [6.45, 7) is 6.83. The monoisotopic (exact) mass is 279 g/mol. The van der Waals surface area contributed by atoms with E-state index in [-0.39, 0.29) is 6.61 Å². The van der Waals surface area contributed by atoms with Crippen molar-refractivity contribution in [3.8, 4) is 5.75 Å². The zero-order valence-corrected chi connectivity index (χ0v) is 12.0. The lowest BCUT2D eigenvalue weighted by atomic mass is 10.3. The van der Waals surface area contributed by atoms with Gasteiger partial charge in [0.15, 0.2) is 0 Å². The van der Waals surface area contributed by atoms with Gasteiger partial charge in [0.2, 0.25) is 0 Å². The van der Waals surface area contributed by atoms with Gasteiger partial charge in [0.1, 0.15) is 12.4 Å². The third-order valence-corrected chi connectivity index (χ3v) is 3.68. The number of ether oxygens (including phenoxy) is 1. The van der Waals surface area contributed by atoms with Crippen molar-refractivity contribution in [2.75, 3.05) is 58.2 Å².